The van der Waals surface area contributed by atoms with Crippen LogP contribution in [0.4, 0.5) is 0 Å². The van der Waals surface area contributed by atoms with E-state index in [1.165, 1.54) is 10.2 Å². The van der Waals surface area contributed by atoms with Crippen molar-refractivity contribution in [1.82, 2.24) is 14.9 Å². The third kappa shape index (κ3) is 2.59. The Bertz CT molecular complexity index is 648. The average molecular weight is 264 g/mol. The Balaban J connectivity index is 2.42. The van der Waals surface area contributed by atoms with Crippen LogP contribution in [0.15, 0.2) is 23.3 Å². The van der Waals surface area contributed by atoms with Gasteiger partial charge >= 0.3 is 0 Å². The molecule has 0 fully saturated rings. The molecule has 0 aliphatic heterocycles. The molecular formula is C11H12N4S2. The molecule has 1 aromatic carbocycles. The average Bonchev–Trinajstić information content (AvgIpc) is 2.61. The maximum absolute atomic E-state index is 5.04. The molecule has 6 heteroatoms. The molecule has 2 N–H and O–H groups in total. The number of aromatic nitrogens is 3. The molecule has 0 saturated carbocycles. The maximum Gasteiger partial charge on any atom is 0.215 e. The fourth-order valence-corrected chi connectivity index (χ4v) is 1.87. The summed E-state index contributed by atoms with van der Waals surface area (Å²) in [7, 11) is 0. The van der Waals surface area contributed by atoms with Crippen molar-refractivity contribution in [1.29, 1.82) is 0 Å². The minimum atomic E-state index is 0.455. The van der Waals surface area contributed by atoms with Crippen LogP contribution in [0.5, 0.6) is 0 Å². The van der Waals surface area contributed by atoms with E-state index in [4.69, 9.17) is 24.4 Å². The van der Waals surface area contributed by atoms with Gasteiger partial charge in [0.25, 0.3) is 0 Å². The monoisotopic (exact) mass is 264 g/mol. The largest absolute Gasteiger partial charge is 0.273 e. The lowest BCUT2D eigenvalue weighted by molar-refractivity contribution is 0.848. The van der Waals surface area contributed by atoms with Gasteiger partial charge in [0, 0.05) is 0 Å². The number of aromatic amines is 2. The Hall–Kier alpha value is -1.53. The van der Waals surface area contributed by atoms with Crippen molar-refractivity contribution in [3.8, 4) is 0 Å². The third-order valence-electron chi connectivity index (χ3n) is 2.41. The highest BCUT2D eigenvalue weighted by Crippen LogP contribution is 2.08. The molecule has 1 heterocycles. The summed E-state index contributed by atoms with van der Waals surface area (Å²) < 4.78 is 2.39. The molecule has 0 spiro atoms. The molecule has 0 unspecified atom stereocenters. The lowest BCUT2D eigenvalue weighted by atomic mass is 10.1. The van der Waals surface area contributed by atoms with Gasteiger partial charge in [-0.15, -0.1) is 0 Å². The predicted molar refractivity (Wildman–Crippen MR) is 73.7 cm³/mol. The molecule has 0 bridgehead atoms. The highest BCUT2D eigenvalue weighted by atomic mass is 32.1. The fraction of sp³-hybridized carbons (Fsp3) is 0.182. The minimum Gasteiger partial charge on any atom is -0.273 e. The Labute approximate surface area is 109 Å². The number of benzene rings is 1. The number of aryl methyl sites for hydroxylation is 2. The van der Waals surface area contributed by atoms with Crippen LogP contribution in [0.25, 0.3) is 0 Å². The van der Waals surface area contributed by atoms with Gasteiger partial charge < -0.3 is 0 Å². The molecule has 0 amide bonds. The number of nitrogens with one attached hydrogen (secondary N) is 2. The van der Waals surface area contributed by atoms with Crippen molar-refractivity contribution in [3.05, 3.63) is 44.4 Å². The number of nitrogens with zero attached hydrogens (tertiary/aromatic N) is 2. The van der Waals surface area contributed by atoms with E-state index in [2.05, 4.69) is 33.5 Å². The van der Waals surface area contributed by atoms with Gasteiger partial charge in [0.2, 0.25) is 9.54 Å². The second kappa shape index (κ2) is 4.77. The quantitative estimate of drug-likeness (QED) is 0.647. The van der Waals surface area contributed by atoms with Crippen LogP contribution in [0.3, 0.4) is 0 Å². The van der Waals surface area contributed by atoms with E-state index < -0.39 is 0 Å². The molecule has 17 heavy (non-hydrogen) atoms. The van der Waals surface area contributed by atoms with Crippen molar-refractivity contribution in [3.63, 3.8) is 0 Å². The second-order valence-electron chi connectivity index (χ2n) is 3.78. The topological polar surface area (TPSA) is 48.9 Å². The van der Waals surface area contributed by atoms with Crippen LogP contribution >= 0.6 is 24.4 Å². The Morgan fingerprint density at radius 1 is 1.18 bits per heavy atom. The molecule has 2 aromatic rings. The lowest BCUT2D eigenvalue weighted by Crippen LogP contribution is -1.93. The highest BCUT2D eigenvalue weighted by Gasteiger charge is 1.97. The van der Waals surface area contributed by atoms with Crippen LogP contribution < -0.4 is 0 Å². The first kappa shape index (κ1) is 11.9. The SMILES string of the molecule is Cc1ccc(C)c(/C=N\n2c(=S)[nH][nH]c2=S)c1. The van der Waals surface area contributed by atoms with Gasteiger partial charge in [0.1, 0.15) is 0 Å². The Kier molecular flexibility index (Phi) is 3.35. The van der Waals surface area contributed by atoms with E-state index in [1.54, 1.807) is 6.21 Å². The molecule has 4 nitrogen and oxygen atoms in total. The van der Waals surface area contributed by atoms with Crippen LogP contribution in [-0.2, 0) is 0 Å². The molecule has 0 atom stereocenters. The molecule has 0 saturated heterocycles. The lowest BCUT2D eigenvalue weighted by Gasteiger charge is -2.00. The van der Waals surface area contributed by atoms with Crippen LogP contribution in [-0.4, -0.2) is 21.1 Å². The van der Waals surface area contributed by atoms with Crippen molar-refractivity contribution in [2.24, 2.45) is 5.10 Å². The Morgan fingerprint density at radius 3 is 2.47 bits per heavy atom. The summed E-state index contributed by atoms with van der Waals surface area (Å²) in [6.07, 6.45) is 1.76. The van der Waals surface area contributed by atoms with Gasteiger partial charge in [0.15, 0.2) is 0 Å². The van der Waals surface area contributed by atoms with Crippen LogP contribution in [0, 0.1) is 23.4 Å². The summed E-state index contributed by atoms with van der Waals surface area (Å²) >= 11 is 10.1. The molecule has 0 radical (unpaired) electrons. The normalized spacial score (nSPS) is 11.2. The van der Waals surface area contributed by atoms with E-state index >= 15 is 0 Å². The predicted octanol–water partition coefficient (Wildman–Crippen LogP) is 3.10. The van der Waals surface area contributed by atoms with Crippen LogP contribution in [0.1, 0.15) is 16.7 Å². The van der Waals surface area contributed by atoms with E-state index in [-0.39, 0.29) is 0 Å². The number of hydrogen-bond donors (Lipinski definition) is 2. The fourth-order valence-electron chi connectivity index (χ4n) is 1.43. The van der Waals surface area contributed by atoms with Gasteiger partial charge in [-0.25, -0.2) is 0 Å². The van der Waals surface area contributed by atoms with Crippen molar-refractivity contribution in [2.75, 3.05) is 0 Å². The second-order valence-corrected chi connectivity index (χ2v) is 4.55. The molecule has 2 rings (SSSR count). The summed E-state index contributed by atoms with van der Waals surface area (Å²) in [5.41, 5.74) is 3.42. The van der Waals surface area contributed by atoms with Gasteiger partial charge in [-0.1, -0.05) is 23.8 Å². The Morgan fingerprint density at radius 2 is 1.82 bits per heavy atom. The van der Waals surface area contributed by atoms with Gasteiger partial charge in [-0.3, -0.25) is 10.2 Å². The van der Waals surface area contributed by atoms with Crippen molar-refractivity contribution < 1.29 is 0 Å². The van der Waals surface area contributed by atoms with Gasteiger partial charge in [0.05, 0.1) is 6.21 Å². The first-order valence-corrected chi connectivity index (χ1v) is 5.91. The van der Waals surface area contributed by atoms with Crippen molar-refractivity contribution in [2.45, 2.75) is 13.8 Å². The minimum absolute atomic E-state index is 0.455. The van der Waals surface area contributed by atoms with Crippen molar-refractivity contribution >= 4 is 30.7 Å². The number of rotatable bonds is 2. The number of H-pyrrole nitrogens is 2. The molecule has 88 valence electrons. The summed E-state index contributed by atoms with van der Waals surface area (Å²) in [4.78, 5) is 0. The smallest absolute Gasteiger partial charge is 0.215 e. The molecule has 0 aliphatic rings. The summed E-state index contributed by atoms with van der Waals surface area (Å²) in [6.45, 7) is 4.09. The van der Waals surface area contributed by atoms with E-state index in [0.29, 0.717) is 9.54 Å². The van der Waals surface area contributed by atoms with Gasteiger partial charge in [-0.2, -0.15) is 9.78 Å². The summed E-state index contributed by atoms with van der Waals surface area (Å²) in [5.74, 6) is 0. The molecule has 0 aliphatic carbocycles. The van der Waals surface area contributed by atoms with E-state index in [1.807, 2.05) is 13.8 Å². The third-order valence-corrected chi connectivity index (χ3v) is 2.96. The summed E-state index contributed by atoms with van der Waals surface area (Å²) in [5, 5.41) is 9.73. The van der Waals surface area contributed by atoms with Gasteiger partial charge in [-0.05, 0) is 49.4 Å². The van der Waals surface area contributed by atoms with Crippen LogP contribution in [0.2, 0.25) is 0 Å². The highest BCUT2D eigenvalue weighted by molar-refractivity contribution is 7.72. The zero-order valence-corrected chi connectivity index (χ0v) is 11.2. The standard InChI is InChI=1S/C11H12N4S2/c1-7-3-4-8(2)9(5-7)6-12-15-10(16)13-14-11(15)17/h3-6H,1-2H3,(H,13,16)(H,14,17)/b12-6-. The maximum atomic E-state index is 5.04. The van der Waals surface area contributed by atoms with E-state index in [0.717, 1.165) is 11.1 Å². The number of hydrogen-bond acceptors (Lipinski definition) is 3. The molecule has 1 aromatic heterocycles. The summed E-state index contributed by atoms with van der Waals surface area (Å²) in [6, 6.07) is 6.20. The first-order valence-electron chi connectivity index (χ1n) is 5.09. The zero-order chi connectivity index (χ0) is 12.4. The molecular weight excluding hydrogens is 252 g/mol. The zero-order valence-electron chi connectivity index (χ0n) is 9.52. The first-order chi connectivity index (χ1) is 8.08. The van der Waals surface area contributed by atoms with E-state index in [9.17, 15) is 0 Å².